The molecule has 1 aromatic carbocycles. The number of fused-ring (bicyclic) bond motifs is 2. The monoisotopic (exact) mass is 385 g/mol. The van der Waals surface area contributed by atoms with E-state index in [1.165, 1.54) is 12.1 Å². The van der Waals surface area contributed by atoms with E-state index in [2.05, 4.69) is 33.4 Å². The molecule has 0 saturated carbocycles. The summed E-state index contributed by atoms with van der Waals surface area (Å²) < 4.78 is 17.5. The Balaban J connectivity index is 1.82. The number of benzene rings is 1. The van der Waals surface area contributed by atoms with Crippen LogP contribution in [-0.4, -0.2) is 23.9 Å². The van der Waals surface area contributed by atoms with Gasteiger partial charge in [0.15, 0.2) is 11.5 Å². The highest BCUT2D eigenvalue weighted by atomic mass is 19.1. The number of rotatable bonds is 3. The molecule has 0 fully saturated rings. The maximum atomic E-state index is 13.4. The molecule has 4 heterocycles. The zero-order chi connectivity index (χ0) is 20.1. The van der Waals surface area contributed by atoms with Crippen molar-refractivity contribution in [3.05, 3.63) is 71.9 Å². The smallest absolute Gasteiger partial charge is 0.160 e. The largest absolute Gasteiger partial charge is 0.311 e. The Labute approximate surface area is 167 Å². The Morgan fingerprint density at radius 1 is 1.03 bits per heavy atom. The van der Waals surface area contributed by atoms with Crippen LogP contribution in [-0.2, 0) is 13.5 Å². The van der Waals surface area contributed by atoms with Crippen molar-refractivity contribution in [2.24, 2.45) is 7.05 Å². The first-order chi connectivity index (χ1) is 14.1. The van der Waals surface area contributed by atoms with Gasteiger partial charge in [-0.25, -0.2) is 19.3 Å². The zero-order valence-electron chi connectivity index (χ0n) is 16.5. The minimum atomic E-state index is -0.247. The van der Waals surface area contributed by atoms with Gasteiger partial charge in [0, 0.05) is 31.2 Å². The van der Waals surface area contributed by atoms with Crippen LogP contribution in [0.1, 0.15) is 18.1 Å². The predicted octanol–water partition coefficient (Wildman–Crippen LogP) is 4.96. The van der Waals surface area contributed by atoms with Gasteiger partial charge in [0.05, 0.1) is 5.69 Å². The quantitative estimate of drug-likeness (QED) is 0.441. The molecule has 0 N–H and O–H groups in total. The van der Waals surface area contributed by atoms with Crippen molar-refractivity contribution in [2.45, 2.75) is 20.3 Å². The van der Waals surface area contributed by atoms with E-state index in [1.807, 2.05) is 30.9 Å². The van der Waals surface area contributed by atoms with Crippen LogP contribution in [0.2, 0.25) is 0 Å². The van der Waals surface area contributed by atoms with E-state index >= 15 is 0 Å². The van der Waals surface area contributed by atoms with Crippen molar-refractivity contribution in [1.82, 2.24) is 23.9 Å². The number of halogens is 1. The molecule has 0 aliphatic heterocycles. The second-order valence-electron chi connectivity index (χ2n) is 7.26. The van der Waals surface area contributed by atoms with Gasteiger partial charge in [-0.3, -0.25) is 4.40 Å². The molecule has 0 radical (unpaired) electrons. The number of aryl methyl sites for hydroxylation is 3. The van der Waals surface area contributed by atoms with Crippen LogP contribution in [0.4, 0.5) is 4.39 Å². The Bertz CT molecular complexity index is 1360. The maximum Gasteiger partial charge on any atom is 0.160 e. The molecular formula is C23H20FN5. The summed E-state index contributed by atoms with van der Waals surface area (Å²) in [4.78, 5) is 14.1. The Hall–Kier alpha value is -3.54. The molecule has 5 rings (SSSR count). The van der Waals surface area contributed by atoms with E-state index in [-0.39, 0.29) is 5.82 Å². The van der Waals surface area contributed by atoms with Crippen LogP contribution in [0.25, 0.3) is 39.5 Å². The van der Waals surface area contributed by atoms with Gasteiger partial charge in [0.25, 0.3) is 0 Å². The minimum Gasteiger partial charge on any atom is -0.311 e. The van der Waals surface area contributed by atoms with E-state index in [0.29, 0.717) is 0 Å². The number of imidazole rings is 2. The first-order valence-corrected chi connectivity index (χ1v) is 9.61. The van der Waals surface area contributed by atoms with Gasteiger partial charge in [-0.1, -0.05) is 19.1 Å². The lowest BCUT2D eigenvalue weighted by Crippen LogP contribution is -2.04. The van der Waals surface area contributed by atoms with Crippen LogP contribution in [0.3, 0.4) is 0 Å². The van der Waals surface area contributed by atoms with Gasteiger partial charge in [-0.05, 0) is 54.3 Å². The molecule has 0 unspecified atom stereocenters. The third-order valence-electron chi connectivity index (χ3n) is 5.34. The average molecular weight is 385 g/mol. The van der Waals surface area contributed by atoms with Gasteiger partial charge in [0.2, 0.25) is 0 Å². The maximum absolute atomic E-state index is 13.4. The highest BCUT2D eigenvalue weighted by Crippen LogP contribution is 2.33. The fraction of sp³-hybridized carbons (Fsp3) is 0.174. The zero-order valence-corrected chi connectivity index (χ0v) is 16.5. The summed E-state index contributed by atoms with van der Waals surface area (Å²) in [6.07, 6.45) is 6.43. The summed E-state index contributed by atoms with van der Waals surface area (Å²) in [6.45, 7) is 4.14. The topological polar surface area (TPSA) is 48.0 Å². The van der Waals surface area contributed by atoms with Crippen molar-refractivity contribution in [1.29, 1.82) is 0 Å². The first-order valence-electron chi connectivity index (χ1n) is 9.61. The molecule has 5 aromatic rings. The lowest BCUT2D eigenvalue weighted by Gasteiger charge is -2.15. The second kappa shape index (κ2) is 6.51. The highest BCUT2D eigenvalue weighted by molar-refractivity contribution is 5.84. The van der Waals surface area contributed by atoms with E-state index in [1.54, 1.807) is 18.3 Å². The molecule has 4 aromatic heterocycles. The third-order valence-corrected chi connectivity index (χ3v) is 5.34. The second-order valence-corrected chi connectivity index (χ2v) is 7.26. The Morgan fingerprint density at radius 2 is 1.83 bits per heavy atom. The average Bonchev–Trinajstić information content (AvgIpc) is 3.32. The van der Waals surface area contributed by atoms with Crippen LogP contribution < -0.4 is 0 Å². The first kappa shape index (κ1) is 17.6. The fourth-order valence-electron chi connectivity index (χ4n) is 3.90. The molecule has 0 aliphatic carbocycles. The van der Waals surface area contributed by atoms with E-state index in [4.69, 9.17) is 4.98 Å². The minimum absolute atomic E-state index is 0.247. The summed E-state index contributed by atoms with van der Waals surface area (Å²) in [5.41, 5.74) is 7.68. The van der Waals surface area contributed by atoms with Crippen LogP contribution >= 0.6 is 0 Å². The number of nitrogens with zero attached hydrogens (tertiary/aromatic N) is 5. The van der Waals surface area contributed by atoms with Gasteiger partial charge in [-0.2, -0.15) is 0 Å². The molecule has 0 aliphatic rings. The van der Waals surface area contributed by atoms with E-state index < -0.39 is 0 Å². The lowest BCUT2D eigenvalue weighted by molar-refractivity contribution is 0.628. The summed E-state index contributed by atoms with van der Waals surface area (Å²) in [7, 11) is 1.99. The molecule has 0 atom stereocenters. The Morgan fingerprint density at radius 3 is 2.59 bits per heavy atom. The molecule has 0 spiro atoms. The van der Waals surface area contributed by atoms with Gasteiger partial charge in [0.1, 0.15) is 17.0 Å². The standard InChI is InChI=1S/C23H20FN5/c1-4-15-12-18(16-5-7-17(24)8-6-16)21-25-9-10-29(21)20(15)23-27-19-11-14(2)13-26-22(19)28(23)3/h5-13H,4H2,1-3H3. The van der Waals surface area contributed by atoms with Gasteiger partial charge >= 0.3 is 0 Å². The van der Waals surface area contributed by atoms with E-state index in [0.717, 1.165) is 57.0 Å². The Kier molecular flexibility index (Phi) is 3.94. The normalized spacial score (nSPS) is 11.6. The number of pyridine rings is 2. The lowest BCUT2D eigenvalue weighted by atomic mass is 10.0. The molecule has 144 valence electrons. The van der Waals surface area contributed by atoms with Crippen LogP contribution in [0, 0.1) is 12.7 Å². The summed E-state index contributed by atoms with van der Waals surface area (Å²) >= 11 is 0. The molecule has 0 saturated heterocycles. The van der Waals surface area contributed by atoms with Crippen molar-refractivity contribution < 1.29 is 4.39 Å². The predicted molar refractivity (Wildman–Crippen MR) is 112 cm³/mol. The van der Waals surface area contributed by atoms with Crippen molar-refractivity contribution in [2.75, 3.05) is 0 Å². The third kappa shape index (κ3) is 2.71. The summed E-state index contributed by atoms with van der Waals surface area (Å²) in [5, 5.41) is 0. The molecular weight excluding hydrogens is 365 g/mol. The molecule has 0 amide bonds. The number of aromatic nitrogens is 5. The van der Waals surface area contributed by atoms with Gasteiger partial charge < -0.3 is 4.57 Å². The van der Waals surface area contributed by atoms with Crippen molar-refractivity contribution in [3.8, 4) is 22.6 Å². The molecule has 6 heteroatoms. The van der Waals surface area contributed by atoms with Gasteiger partial charge in [-0.15, -0.1) is 0 Å². The molecule has 5 nitrogen and oxygen atoms in total. The highest BCUT2D eigenvalue weighted by Gasteiger charge is 2.20. The van der Waals surface area contributed by atoms with Crippen molar-refractivity contribution in [3.63, 3.8) is 0 Å². The fourth-order valence-corrected chi connectivity index (χ4v) is 3.90. The SMILES string of the molecule is CCc1cc(-c2ccc(F)cc2)c2nccn2c1-c1nc2cc(C)cnc2n1C. The molecule has 29 heavy (non-hydrogen) atoms. The van der Waals surface area contributed by atoms with Crippen LogP contribution in [0.5, 0.6) is 0 Å². The summed E-state index contributed by atoms with van der Waals surface area (Å²) in [5.74, 6) is 0.603. The van der Waals surface area contributed by atoms with Crippen LogP contribution in [0.15, 0.2) is 55.0 Å². The molecule has 0 bridgehead atoms. The summed E-state index contributed by atoms with van der Waals surface area (Å²) in [6, 6.07) is 10.7. The van der Waals surface area contributed by atoms with E-state index in [9.17, 15) is 4.39 Å². The van der Waals surface area contributed by atoms with Crippen molar-refractivity contribution >= 4 is 16.8 Å². The number of hydrogen-bond donors (Lipinski definition) is 0. The number of hydrogen-bond acceptors (Lipinski definition) is 3.